The molecule has 2 N–H and O–H groups in total. The van der Waals surface area contributed by atoms with Crippen molar-refractivity contribution in [1.29, 1.82) is 0 Å². The van der Waals surface area contributed by atoms with Crippen LogP contribution in [0.15, 0.2) is 117 Å². The Balaban J connectivity index is 0.000000436. The first kappa shape index (κ1) is 61.9. The summed E-state index contributed by atoms with van der Waals surface area (Å²) >= 11 is 6.89. The molecule has 1 aromatic heterocycles. The zero-order valence-corrected chi connectivity index (χ0v) is 47.4. The van der Waals surface area contributed by atoms with Crippen molar-refractivity contribution in [3.8, 4) is 0 Å². The van der Waals surface area contributed by atoms with Gasteiger partial charge in [0, 0.05) is 43.7 Å². The lowest BCUT2D eigenvalue weighted by atomic mass is 9.84. The highest BCUT2D eigenvalue weighted by atomic mass is 79.9. The van der Waals surface area contributed by atoms with E-state index in [-0.39, 0.29) is 136 Å². The number of carbonyl (C=O) groups excluding carboxylic acids is 4. The van der Waals surface area contributed by atoms with E-state index >= 15 is 0 Å². The van der Waals surface area contributed by atoms with E-state index in [1.807, 2.05) is 83.8 Å². The number of anilines is 1. The number of rotatable bonds is 8. The number of ketones is 1. The van der Waals surface area contributed by atoms with Gasteiger partial charge in [0.2, 0.25) is 5.91 Å². The lowest BCUT2D eigenvalue weighted by Gasteiger charge is -2.33. The van der Waals surface area contributed by atoms with Gasteiger partial charge in [-0.05, 0) is 105 Å². The summed E-state index contributed by atoms with van der Waals surface area (Å²) in [5.74, 6) is 0.326. The van der Waals surface area contributed by atoms with Gasteiger partial charge in [0.05, 0.1) is 17.2 Å². The number of nitrogens with zero attached hydrogens (tertiary/aromatic N) is 2. The predicted molar refractivity (Wildman–Crippen MR) is 312 cm³/mol. The van der Waals surface area contributed by atoms with Gasteiger partial charge < -0.3 is 19.8 Å². The van der Waals surface area contributed by atoms with Crippen LogP contribution in [-0.4, -0.2) is 56.8 Å². The lowest BCUT2D eigenvalue weighted by Crippen LogP contribution is -2.48. The molecule has 4 aromatic carbocycles. The van der Waals surface area contributed by atoms with Gasteiger partial charge in [0.1, 0.15) is 19.3 Å². The Morgan fingerprint density at radius 2 is 1.14 bits per heavy atom. The van der Waals surface area contributed by atoms with Crippen molar-refractivity contribution in [1.82, 2.24) is 14.8 Å². The molecule has 3 amide bonds. The summed E-state index contributed by atoms with van der Waals surface area (Å²) in [6.45, 7) is 1.89. The first-order valence-electron chi connectivity index (χ1n) is 22.0. The maximum Gasteiger partial charge on any atom is 0.411 e. The zero-order chi connectivity index (χ0) is 44.0. The number of halogens is 2. The summed E-state index contributed by atoms with van der Waals surface area (Å²) < 4.78 is 13.0. The molecule has 376 valence electrons. The molecule has 2 saturated heterocycles. The van der Waals surface area contributed by atoms with Crippen LogP contribution < -0.4 is 10.7 Å². The summed E-state index contributed by atoms with van der Waals surface area (Å²) in [6, 6.07) is 31.1. The number of aromatic nitrogens is 1. The molecule has 9 rings (SSSR count). The smallest absolute Gasteiger partial charge is 0.411 e. The second-order valence-corrected chi connectivity index (χ2v) is 19.0. The van der Waals surface area contributed by atoms with Gasteiger partial charge in [-0.15, -0.1) is 0 Å². The van der Waals surface area contributed by atoms with Crippen LogP contribution in [0.25, 0.3) is 10.9 Å². The van der Waals surface area contributed by atoms with E-state index in [1.54, 1.807) is 29.2 Å². The molecule has 6 atom stereocenters. The van der Waals surface area contributed by atoms with Gasteiger partial charge in [0.25, 0.3) is 0 Å². The van der Waals surface area contributed by atoms with Gasteiger partial charge in [-0.2, -0.15) is 81.0 Å². The Hall–Kier alpha value is -3.17. The number of hydrogen-bond donors (Lipinski definition) is 2. The molecule has 3 heterocycles. The number of amides is 3. The van der Waals surface area contributed by atoms with Crippen LogP contribution in [0.3, 0.4) is 0 Å². The van der Waals surface area contributed by atoms with E-state index in [9.17, 15) is 24.0 Å². The van der Waals surface area contributed by atoms with E-state index < -0.39 is 12.1 Å². The van der Waals surface area contributed by atoms with E-state index in [0.717, 1.165) is 82.6 Å². The van der Waals surface area contributed by atoms with Crippen LogP contribution in [0.4, 0.5) is 15.3 Å². The number of benzene rings is 4. The van der Waals surface area contributed by atoms with E-state index in [1.165, 1.54) is 13.3 Å². The minimum atomic E-state index is -0.620. The van der Waals surface area contributed by atoms with Gasteiger partial charge in [-0.25, -0.2) is 9.59 Å². The zero-order valence-electron chi connectivity index (χ0n) is 38.3. The van der Waals surface area contributed by atoms with Crippen molar-refractivity contribution < 1.29 is 28.7 Å². The molecule has 69 heavy (non-hydrogen) atoms. The predicted octanol–water partition coefficient (Wildman–Crippen LogP) is 12.2. The highest BCUT2D eigenvalue weighted by Crippen LogP contribution is 2.46. The van der Waals surface area contributed by atoms with Crippen LogP contribution in [-0.2, 0) is 27.5 Å². The fourth-order valence-electron chi connectivity index (χ4n) is 10.1. The summed E-state index contributed by atoms with van der Waals surface area (Å²) in [4.78, 5) is 71.6. The number of hydrogen-bond acceptors (Lipinski definition) is 7. The van der Waals surface area contributed by atoms with E-state index in [2.05, 4.69) is 42.2 Å². The fourth-order valence-corrected chi connectivity index (χ4v) is 10.8. The van der Waals surface area contributed by atoms with Gasteiger partial charge in [-0.3, -0.25) is 24.2 Å². The molecule has 0 spiro atoms. The first-order chi connectivity index (χ1) is 30.5. The standard InChI is InChI=1S/C25H27BrN2O4.C25H25BrN2O3.6H2S/c1-16(29)20-12-11-19(26)14-21(20)27-24(30)23-13-18-9-5-6-10-22(18)28(23)25(31)32-15-17-7-3-2-4-8-17;26-18-10-11-19-20(13-18)27-21(14-24(19)29)23-12-17-8-4-5-9-22(17)28(23)25(30)31-15-16-6-2-1-3-7-16;;;;;;/h2-4,7-8,11-12,14,18,22-23H,5-6,9-10,13,15H2,1H3,(H,27,30);1-3,6-7,10-11,13-14,17,22-23H,4-5,8-9,12,15H2,(H,27,29);6*1H2/t18-,22-,23-;17-,22-,23-;;;;;;/m00....../s1. The van der Waals surface area contributed by atoms with Crippen LogP contribution in [0.5, 0.6) is 0 Å². The SMILES string of the molecule is CC(=O)c1ccc(Br)cc1NC(=O)[C@@H]1C[C@@H]2CCCC[C@@H]2N1C(=O)OCc1ccccc1.O=C(OCc1ccccc1)N1[C@H](c2cc(=O)c3ccc(Br)cc3[nH]2)C[C@@H]2CCCC[C@@H]21.S.S.S.S.S.S. The van der Waals surface area contributed by atoms with E-state index in [0.29, 0.717) is 34.9 Å². The summed E-state index contributed by atoms with van der Waals surface area (Å²) in [5, 5.41) is 3.56. The van der Waals surface area contributed by atoms with Crippen molar-refractivity contribution in [2.45, 2.75) is 109 Å². The van der Waals surface area contributed by atoms with Gasteiger partial charge >= 0.3 is 12.2 Å². The molecule has 0 bridgehead atoms. The van der Waals surface area contributed by atoms with Crippen LogP contribution in [0.1, 0.15) is 104 Å². The Morgan fingerprint density at radius 3 is 1.72 bits per heavy atom. The first-order valence-corrected chi connectivity index (χ1v) is 23.5. The van der Waals surface area contributed by atoms with Crippen molar-refractivity contribution in [3.05, 3.63) is 145 Å². The molecule has 0 radical (unpaired) electrons. The molecule has 19 heteroatoms. The van der Waals surface area contributed by atoms with Crippen molar-refractivity contribution in [2.24, 2.45) is 11.8 Å². The summed E-state index contributed by atoms with van der Waals surface area (Å²) in [6.07, 6.45) is 9.19. The normalized spacial score (nSPS) is 20.6. The molecule has 2 aliphatic carbocycles. The van der Waals surface area contributed by atoms with Crippen molar-refractivity contribution >= 4 is 153 Å². The Labute approximate surface area is 463 Å². The minimum absolute atomic E-state index is 0. The summed E-state index contributed by atoms with van der Waals surface area (Å²) in [7, 11) is 0. The number of ether oxygens (including phenoxy) is 2. The minimum Gasteiger partial charge on any atom is -0.445 e. The van der Waals surface area contributed by atoms with E-state index in [4.69, 9.17) is 9.47 Å². The Bertz CT molecular complexity index is 2550. The second kappa shape index (κ2) is 28.8. The number of H-pyrrole nitrogens is 1. The molecule has 4 aliphatic rings. The molecule has 11 nitrogen and oxygen atoms in total. The topological polar surface area (TPSA) is 138 Å². The third-order valence-electron chi connectivity index (χ3n) is 13.1. The maximum atomic E-state index is 13.3. The largest absolute Gasteiger partial charge is 0.445 e. The number of aromatic amines is 1. The molecular weight excluding hydrogens is 1120 g/mol. The molecule has 4 fully saturated rings. The monoisotopic (exact) mass is 1180 g/mol. The number of carbonyl (C=O) groups is 4. The van der Waals surface area contributed by atoms with Crippen molar-refractivity contribution in [2.75, 3.05) is 5.32 Å². The quantitative estimate of drug-likeness (QED) is 0.148. The lowest BCUT2D eigenvalue weighted by molar-refractivity contribution is -0.120. The van der Waals surface area contributed by atoms with Crippen LogP contribution in [0.2, 0.25) is 0 Å². The highest BCUT2D eigenvalue weighted by molar-refractivity contribution is 9.10. The van der Waals surface area contributed by atoms with Gasteiger partial charge in [0.15, 0.2) is 11.2 Å². The van der Waals surface area contributed by atoms with Crippen molar-refractivity contribution in [3.63, 3.8) is 0 Å². The molecule has 2 saturated carbocycles. The molecule has 0 unspecified atom stereocenters. The number of nitrogens with one attached hydrogen (secondary N) is 2. The van der Waals surface area contributed by atoms with Gasteiger partial charge in [-0.1, -0.05) is 118 Å². The average Bonchev–Trinajstić information content (AvgIpc) is 3.88. The fraction of sp³-hybridized carbons (Fsp3) is 0.380. The maximum absolute atomic E-state index is 13.3. The summed E-state index contributed by atoms with van der Waals surface area (Å²) in [5.41, 5.74) is 4.31. The second-order valence-electron chi connectivity index (χ2n) is 17.1. The highest BCUT2D eigenvalue weighted by Gasteiger charge is 2.49. The molecule has 5 aromatic rings. The average molecular weight is 1190 g/mol. The molecule has 2 aliphatic heterocycles. The number of fused-ring (bicyclic) bond motifs is 3. The number of likely N-dealkylation sites (tertiary alicyclic amines) is 2. The third kappa shape index (κ3) is 15.0. The third-order valence-corrected chi connectivity index (χ3v) is 14.1. The molecular formula is C50H64Br2N4O7S6. The Kier molecular flexibility index (Phi) is 25.8. The van der Waals surface area contributed by atoms with Crippen LogP contribution in [0, 0.1) is 11.8 Å². The number of Topliss-reactive ketones (excluding diaryl/α,β-unsaturated/α-hetero) is 1. The van der Waals surface area contributed by atoms with Crippen LogP contribution >= 0.6 is 113 Å². The Morgan fingerprint density at radius 1 is 0.638 bits per heavy atom. The number of pyridine rings is 1.